The first-order valence-electron chi connectivity index (χ1n) is 20.3. The molecule has 61 heavy (non-hydrogen) atoms. The highest BCUT2D eigenvalue weighted by Crippen LogP contribution is 2.44. The van der Waals surface area contributed by atoms with Crippen molar-refractivity contribution in [2.75, 3.05) is 0 Å². The Morgan fingerprint density at radius 3 is 1.70 bits per heavy atom. The lowest BCUT2D eigenvalue weighted by Gasteiger charge is -2.14. The lowest BCUT2D eigenvalue weighted by molar-refractivity contribution is 0.668. The summed E-state index contributed by atoms with van der Waals surface area (Å²) in [6.07, 6.45) is 0. The zero-order valence-electron chi connectivity index (χ0n) is 32.5. The SMILES string of the molecule is c1ccc2cc(-c3ccc(-c4nc(-c5cccc6c5oc5ccccc56)nc(-c5c(-c6ccc7oc8ccccc8c7c6)ccc6oc7ccccc7c56)n4)cc3)ccc2c1. The molecule has 0 saturated carbocycles. The number of para-hydroxylation sites is 4. The maximum Gasteiger partial charge on any atom is 0.167 e. The summed E-state index contributed by atoms with van der Waals surface area (Å²) in [4.78, 5) is 16.0. The van der Waals surface area contributed by atoms with Crippen LogP contribution in [0.3, 0.4) is 0 Å². The lowest BCUT2D eigenvalue weighted by Crippen LogP contribution is -2.02. The number of aromatic nitrogens is 3. The Bertz CT molecular complexity index is 3890. The predicted octanol–water partition coefficient (Wildman–Crippen LogP) is 15.1. The number of nitrogens with zero attached hydrogens (tertiary/aromatic N) is 3. The number of hydrogen-bond acceptors (Lipinski definition) is 6. The zero-order chi connectivity index (χ0) is 40.0. The Labute approximate surface area is 348 Å². The van der Waals surface area contributed by atoms with Gasteiger partial charge in [0.2, 0.25) is 0 Å². The number of rotatable bonds is 5. The average Bonchev–Trinajstić information content (AvgIpc) is 4.02. The molecule has 0 unspecified atom stereocenters. The van der Waals surface area contributed by atoms with Crippen molar-refractivity contribution >= 4 is 76.6 Å². The van der Waals surface area contributed by atoms with E-state index in [2.05, 4.69) is 121 Å². The standard InChI is InChI=1S/C55H31N3O3/c1-2-11-35-30-36(25-22-32(35)10-1)33-20-23-34(24-21-33)53-56-54(43-16-9-15-41-39-12-3-7-18-46(39)61-52(41)43)58-55(57-53)51-38(27-29-49-50(51)42-14-5-8-19-47(42)60-49)37-26-28-48-44(31-37)40-13-4-6-17-45(40)59-48/h1-31H. The fraction of sp³-hybridized carbons (Fsp3) is 0. The highest BCUT2D eigenvalue weighted by molar-refractivity contribution is 6.16. The second kappa shape index (κ2) is 13.1. The summed E-state index contributed by atoms with van der Waals surface area (Å²) in [6.45, 7) is 0. The van der Waals surface area contributed by atoms with Gasteiger partial charge in [-0.2, -0.15) is 0 Å². The molecule has 0 radical (unpaired) electrons. The molecule has 0 spiro atoms. The third kappa shape index (κ3) is 5.32. The van der Waals surface area contributed by atoms with Crippen LogP contribution in [0.2, 0.25) is 0 Å². The Morgan fingerprint density at radius 1 is 0.295 bits per heavy atom. The van der Waals surface area contributed by atoms with Crippen LogP contribution < -0.4 is 0 Å². The third-order valence-electron chi connectivity index (χ3n) is 12.0. The molecule has 9 aromatic carbocycles. The Kier molecular flexibility index (Phi) is 7.21. The van der Waals surface area contributed by atoms with Crippen molar-refractivity contribution in [3.05, 3.63) is 188 Å². The van der Waals surface area contributed by atoms with E-state index in [4.69, 9.17) is 28.2 Å². The molecule has 4 heterocycles. The summed E-state index contributed by atoms with van der Waals surface area (Å²) in [5, 5.41) is 8.47. The van der Waals surface area contributed by atoms with Gasteiger partial charge >= 0.3 is 0 Å². The highest BCUT2D eigenvalue weighted by Gasteiger charge is 2.24. The van der Waals surface area contributed by atoms with E-state index >= 15 is 0 Å². The summed E-state index contributed by atoms with van der Waals surface area (Å²) in [5.74, 6) is 1.58. The van der Waals surface area contributed by atoms with Gasteiger partial charge in [-0.25, -0.2) is 15.0 Å². The van der Waals surface area contributed by atoms with Gasteiger partial charge in [-0.15, -0.1) is 0 Å². The molecule has 0 fully saturated rings. The normalized spacial score (nSPS) is 11.9. The van der Waals surface area contributed by atoms with E-state index < -0.39 is 0 Å². The van der Waals surface area contributed by atoms with Crippen molar-refractivity contribution in [2.45, 2.75) is 0 Å². The molecule has 284 valence electrons. The molecule has 0 bridgehead atoms. The van der Waals surface area contributed by atoms with Gasteiger partial charge in [0.05, 0.1) is 5.56 Å². The van der Waals surface area contributed by atoms with Gasteiger partial charge in [-0.1, -0.05) is 133 Å². The largest absolute Gasteiger partial charge is 0.456 e. The number of fused-ring (bicyclic) bond motifs is 10. The fourth-order valence-corrected chi connectivity index (χ4v) is 9.02. The minimum absolute atomic E-state index is 0.510. The van der Waals surface area contributed by atoms with Crippen LogP contribution in [0.5, 0.6) is 0 Å². The Morgan fingerprint density at radius 2 is 0.869 bits per heavy atom. The molecule has 6 heteroatoms. The molecule has 0 N–H and O–H groups in total. The smallest absolute Gasteiger partial charge is 0.167 e. The van der Waals surface area contributed by atoms with Gasteiger partial charge in [0.1, 0.15) is 33.5 Å². The Balaban J connectivity index is 1.07. The highest BCUT2D eigenvalue weighted by atomic mass is 16.3. The van der Waals surface area contributed by atoms with Crippen molar-refractivity contribution in [1.29, 1.82) is 0 Å². The van der Waals surface area contributed by atoms with Crippen LogP contribution in [0.25, 0.3) is 133 Å². The summed E-state index contributed by atoms with van der Waals surface area (Å²) >= 11 is 0. The van der Waals surface area contributed by atoms with Crippen molar-refractivity contribution in [2.24, 2.45) is 0 Å². The minimum Gasteiger partial charge on any atom is -0.456 e. The molecular formula is C55H31N3O3. The number of benzene rings is 9. The van der Waals surface area contributed by atoms with E-state index in [1.807, 2.05) is 66.7 Å². The van der Waals surface area contributed by atoms with Gasteiger partial charge in [0.15, 0.2) is 17.5 Å². The van der Waals surface area contributed by atoms with Gasteiger partial charge in [-0.3, -0.25) is 0 Å². The molecule has 0 aliphatic heterocycles. The minimum atomic E-state index is 0.510. The van der Waals surface area contributed by atoms with Gasteiger partial charge in [0, 0.05) is 43.4 Å². The zero-order valence-corrected chi connectivity index (χ0v) is 32.5. The topological polar surface area (TPSA) is 78.1 Å². The first kappa shape index (κ1) is 33.6. The number of hydrogen-bond donors (Lipinski definition) is 0. The molecule has 4 aromatic heterocycles. The van der Waals surface area contributed by atoms with E-state index in [0.29, 0.717) is 17.5 Å². The van der Waals surface area contributed by atoms with E-state index in [-0.39, 0.29) is 0 Å². The van der Waals surface area contributed by atoms with Gasteiger partial charge in [-0.05, 0) is 87.6 Å². The summed E-state index contributed by atoms with van der Waals surface area (Å²) in [7, 11) is 0. The van der Waals surface area contributed by atoms with E-state index in [0.717, 1.165) is 105 Å². The van der Waals surface area contributed by atoms with Crippen LogP contribution in [-0.2, 0) is 0 Å². The van der Waals surface area contributed by atoms with Crippen LogP contribution in [0.4, 0.5) is 0 Å². The van der Waals surface area contributed by atoms with Gasteiger partial charge in [0.25, 0.3) is 0 Å². The average molecular weight is 782 g/mol. The molecule has 6 nitrogen and oxygen atoms in total. The van der Waals surface area contributed by atoms with Crippen LogP contribution >= 0.6 is 0 Å². The van der Waals surface area contributed by atoms with Crippen LogP contribution in [-0.4, -0.2) is 15.0 Å². The van der Waals surface area contributed by atoms with Crippen LogP contribution in [0.1, 0.15) is 0 Å². The second-order valence-electron chi connectivity index (χ2n) is 15.5. The molecule has 0 saturated heterocycles. The van der Waals surface area contributed by atoms with Crippen molar-refractivity contribution in [3.8, 4) is 56.4 Å². The lowest BCUT2D eigenvalue weighted by atomic mass is 9.93. The molecule has 0 aliphatic rings. The third-order valence-corrected chi connectivity index (χ3v) is 12.0. The number of furan rings is 3. The fourth-order valence-electron chi connectivity index (χ4n) is 9.02. The maximum absolute atomic E-state index is 6.58. The molecule has 0 aliphatic carbocycles. The van der Waals surface area contributed by atoms with E-state index in [1.165, 1.54) is 10.8 Å². The molecular weight excluding hydrogens is 751 g/mol. The molecule has 0 atom stereocenters. The summed E-state index contributed by atoms with van der Waals surface area (Å²) in [6, 6.07) is 64.6. The van der Waals surface area contributed by atoms with Gasteiger partial charge < -0.3 is 13.3 Å². The van der Waals surface area contributed by atoms with Crippen LogP contribution in [0.15, 0.2) is 201 Å². The van der Waals surface area contributed by atoms with Crippen LogP contribution in [0, 0.1) is 0 Å². The van der Waals surface area contributed by atoms with Crippen molar-refractivity contribution in [1.82, 2.24) is 15.0 Å². The summed E-state index contributed by atoms with van der Waals surface area (Å²) < 4.78 is 19.4. The molecule has 13 aromatic rings. The van der Waals surface area contributed by atoms with E-state index in [1.54, 1.807) is 0 Å². The first-order valence-corrected chi connectivity index (χ1v) is 20.3. The maximum atomic E-state index is 6.58. The molecule has 0 amide bonds. The first-order chi connectivity index (χ1) is 30.2. The summed E-state index contributed by atoms with van der Waals surface area (Å²) in [5.41, 5.74) is 11.5. The quantitative estimate of drug-likeness (QED) is 0.173. The van der Waals surface area contributed by atoms with E-state index in [9.17, 15) is 0 Å². The molecule has 13 rings (SSSR count). The van der Waals surface area contributed by atoms with Crippen molar-refractivity contribution < 1.29 is 13.3 Å². The van der Waals surface area contributed by atoms with Crippen molar-refractivity contribution in [3.63, 3.8) is 0 Å². The monoisotopic (exact) mass is 781 g/mol. The second-order valence-corrected chi connectivity index (χ2v) is 15.5. The Hall–Kier alpha value is -8.35. The predicted molar refractivity (Wildman–Crippen MR) is 246 cm³/mol.